The summed E-state index contributed by atoms with van der Waals surface area (Å²) in [5.74, 6) is 0. The lowest BCUT2D eigenvalue weighted by Gasteiger charge is -2.11. The third-order valence-electron chi connectivity index (χ3n) is 3.32. The number of hydrogen-bond acceptors (Lipinski definition) is 3. The molecule has 0 fully saturated rings. The van der Waals surface area contributed by atoms with E-state index in [0.29, 0.717) is 11.1 Å². The lowest BCUT2D eigenvalue weighted by Crippen LogP contribution is -1.93. The highest BCUT2D eigenvalue weighted by molar-refractivity contribution is 5.98. The third-order valence-corrected chi connectivity index (χ3v) is 3.32. The number of nitriles is 2. The van der Waals surface area contributed by atoms with Crippen molar-refractivity contribution in [2.75, 3.05) is 5.32 Å². The molecule has 0 amide bonds. The molecule has 0 bridgehead atoms. The molecular weight excluding hydrogens is 258 g/mol. The van der Waals surface area contributed by atoms with Crippen LogP contribution in [-0.2, 0) is 0 Å². The van der Waals surface area contributed by atoms with Crippen LogP contribution in [0.25, 0.3) is 10.8 Å². The van der Waals surface area contributed by atoms with E-state index >= 15 is 0 Å². The van der Waals surface area contributed by atoms with Crippen molar-refractivity contribution >= 4 is 22.1 Å². The Morgan fingerprint density at radius 1 is 0.762 bits per heavy atom. The molecule has 1 N–H and O–H groups in total. The molecule has 3 rings (SSSR count). The zero-order valence-electron chi connectivity index (χ0n) is 11.2. The lowest BCUT2D eigenvalue weighted by molar-refractivity contribution is 1.47. The Labute approximate surface area is 122 Å². The Bertz CT molecular complexity index is 898. The zero-order valence-corrected chi connectivity index (χ0v) is 11.2. The molecule has 0 unspecified atom stereocenters. The molecule has 98 valence electrons. The number of nitrogens with one attached hydrogen (secondary N) is 1. The molecule has 3 heteroatoms. The highest BCUT2D eigenvalue weighted by Crippen LogP contribution is 2.29. The molecule has 0 saturated carbocycles. The van der Waals surface area contributed by atoms with E-state index in [1.807, 2.05) is 42.5 Å². The fraction of sp³-hybridized carbons (Fsp3) is 0. The first-order valence-electron chi connectivity index (χ1n) is 6.51. The van der Waals surface area contributed by atoms with Crippen molar-refractivity contribution in [3.8, 4) is 12.1 Å². The van der Waals surface area contributed by atoms with Crippen LogP contribution in [0.1, 0.15) is 11.1 Å². The van der Waals surface area contributed by atoms with Gasteiger partial charge in [-0.2, -0.15) is 10.5 Å². The maximum Gasteiger partial charge on any atom is 0.0998 e. The van der Waals surface area contributed by atoms with Gasteiger partial charge in [0.2, 0.25) is 0 Å². The predicted molar refractivity (Wildman–Crippen MR) is 83.1 cm³/mol. The Morgan fingerprint density at radius 3 is 2.33 bits per heavy atom. The van der Waals surface area contributed by atoms with E-state index < -0.39 is 0 Å². The van der Waals surface area contributed by atoms with Gasteiger partial charge < -0.3 is 5.32 Å². The quantitative estimate of drug-likeness (QED) is 0.753. The summed E-state index contributed by atoms with van der Waals surface area (Å²) >= 11 is 0. The molecule has 3 aromatic carbocycles. The second kappa shape index (κ2) is 5.36. The molecule has 21 heavy (non-hydrogen) atoms. The van der Waals surface area contributed by atoms with Crippen molar-refractivity contribution in [1.29, 1.82) is 10.5 Å². The highest BCUT2D eigenvalue weighted by atomic mass is 14.9. The lowest BCUT2D eigenvalue weighted by atomic mass is 10.0. The molecule has 0 saturated heterocycles. The summed E-state index contributed by atoms with van der Waals surface area (Å²) in [7, 11) is 0. The van der Waals surface area contributed by atoms with E-state index in [9.17, 15) is 5.26 Å². The molecule has 3 aromatic rings. The molecule has 0 aromatic heterocycles. The van der Waals surface area contributed by atoms with Gasteiger partial charge in [0.05, 0.1) is 23.3 Å². The van der Waals surface area contributed by atoms with E-state index in [1.54, 1.807) is 18.2 Å². The summed E-state index contributed by atoms with van der Waals surface area (Å²) in [6, 6.07) is 23.1. The largest absolute Gasteiger partial charge is 0.355 e. The average molecular weight is 269 g/mol. The van der Waals surface area contributed by atoms with Crippen molar-refractivity contribution in [3.05, 3.63) is 71.8 Å². The van der Waals surface area contributed by atoms with Crippen LogP contribution in [0, 0.1) is 22.7 Å². The minimum Gasteiger partial charge on any atom is -0.355 e. The number of nitrogens with zero attached hydrogens (tertiary/aromatic N) is 2. The van der Waals surface area contributed by atoms with Crippen molar-refractivity contribution < 1.29 is 0 Å². The first-order valence-corrected chi connectivity index (χ1v) is 6.51. The minimum absolute atomic E-state index is 0.609. The third kappa shape index (κ3) is 2.41. The second-order valence-corrected chi connectivity index (χ2v) is 4.64. The molecule has 3 nitrogen and oxygen atoms in total. The zero-order chi connectivity index (χ0) is 14.7. The smallest absolute Gasteiger partial charge is 0.0998 e. The molecule has 0 radical (unpaired) electrons. The van der Waals surface area contributed by atoms with Gasteiger partial charge in [-0.1, -0.05) is 30.3 Å². The first kappa shape index (κ1) is 12.7. The van der Waals surface area contributed by atoms with Crippen LogP contribution in [0.3, 0.4) is 0 Å². The van der Waals surface area contributed by atoms with E-state index in [1.165, 1.54) is 0 Å². The minimum atomic E-state index is 0.609. The molecule has 0 heterocycles. The van der Waals surface area contributed by atoms with E-state index in [-0.39, 0.29) is 0 Å². The van der Waals surface area contributed by atoms with Crippen LogP contribution in [0.4, 0.5) is 11.4 Å². The van der Waals surface area contributed by atoms with Gasteiger partial charge in [-0.25, -0.2) is 0 Å². The molecule has 0 spiro atoms. The van der Waals surface area contributed by atoms with Gasteiger partial charge in [-0.15, -0.1) is 0 Å². The van der Waals surface area contributed by atoms with Gasteiger partial charge in [0.15, 0.2) is 0 Å². The molecule has 0 atom stereocenters. The van der Waals surface area contributed by atoms with Crippen LogP contribution in [0.5, 0.6) is 0 Å². The number of fused-ring (bicyclic) bond motifs is 1. The number of hydrogen-bond donors (Lipinski definition) is 1. The summed E-state index contributed by atoms with van der Waals surface area (Å²) in [5, 5.41) is 23.3. The van der Waals surface area contributed by atoms with Crippen LogP contribution in [0.2, 0.25) is 0 Å². The van der Waals surface area contributed by atoms with Gasteiger partial charge >= 0.3 is 0 Å². The van der Waals surface area contributed by atoms with Crippen molar-refractivity contribution in [2.24, 2.45) is 0 Å². The normalized spacial score (nSPS) is 9.81. The van der Waals surface area contributed by atoms with Crippen LogP contribution >= 0.6 is 0 Å². The Balaban J connectivity index is 2.10. The van der Waals surface area contributed by atoms with E-state index in [4.69, 9.17) is 5.26 Å². The number of anilines is 2. The molecule has 0 aliphatic heterocycles. The van der Waals surface area contributed by atoms with Crippen molar-refractivity contribution in [3.63, 3.8) is 0 Å². The van der Waals surface area contributed by atoms with Crippen LogP contribution in [-0.4, -0.2) is 0 Å². The summed E-state index contributed by atoms with van der Waals surface area (Å²) in [6.07, 6.45) is 0. The summed E-state index contributed by atoms with van der Waals surface area (Å²) in [4.78, 5) is 0. The Kier molecular flexibility index (Phi) is 3.25. The van der Waals surface area contributed by atoms with Gasteiger partial charge in [-0.05, 0) is 30.3 Å². The van der Waals surface area contributed by atoms with Gasteiger partial charge in [0, 0.05) is 22.1 Å². The fourth-order valence-corrected chi connectivity index (χ4v) is 2.33. The monoisotopic (exact) mass is 269 g/mol. The maximum atomic E-state index is 9.18. The van der Waals surface area contributed by atoms with Gasteiger partial charge in [0.25, 0.3) is 0 Å². The van der Waals surface area contributed by atoms with Gasteiger partial charge in [0.1, 0.15) is 0 Å². The van der Waals surface area contributed by atoms with E-state index in [0.717, 1.165) is 22.1 Å². The average Bonchev–Trinajstić information content (AvgIpc) is 2.55. The number of benzene rings is 3. The summed E-state index contributed by atoms with van der Waals surface area (Å²) in [6.45, 7) is 0. The Morgan fingerprint density at radius 2 is 1.57 bits per heavy atom. The van der Waals surface area contributed by atoms with Crippen LogP contribution < -0.4 is 5.32 Å². The summed E-state index contributed by atoms with van der Waals surface area (Å²) < 4.78 is 0. The van der Waals surface area contributed by atoms with Crippen LogP contribution in [0.15, 0.2) is 60.7 Å². The summed E-state index contributed by atoms with van der Waals surface area (Å²) in [5.41, 5.74) is 3.03. The van der Waals surface area contributed by atoms with E-state index in [2.05, 4.69) is 17.5 Å². The standard InChI is InChI=1S/C18H11N3/c19-11-13-4-3-5-15(10-13)21-18-9-8-14(12-20)16-6-1-2-7-17(16)18/h1-10,21H. The molecular formula is C18H11N3. The Hall–Kier alpha value is -3.30. The van der Waals surface area contributed by atoms with Gasteiger partial charge in [-0.3, -0.25) is 0 Å². The second-order valence-electron chi connectivity index (χ2n) is 4.64. The predicted octanol–water partition coefficient (Wildman–Crippen LogP) is 4.33. The highest BCUT2D eigenvalue weighted by Gasteiger charge is 2.05. The molecule has 0 aliphatic rings. The topological polar surface area (TPSA) is 59.6 Å². The van der Waals surface area contributed by atoms with Crippen molar-refractivity contribution in [1.82, 2.24) is 0 Å². The fourth-order valence-electron chi connectivity index (χ4n) is 2.33. The first-order chi connectivity index (χ1) is 10.3. The van der Waals surface area contributed by atoms with Crippen molar-refractivity contribution in [2.45, 2.75) is 0 Å². The SMILES string of the molecule is N#Cc1cccc(Nc2ccc(C#N)c3ccccc23)c1. The molecule has 0 aliphatic carbocycles. The maximum absolute atomic E-state index is 9.18. The number of rotatable bonds is 2.